The van der Waals surface area contributed by atoms with E-state index in [1.807, 2.05) is 37.3 Å². The molecule has 6 heteroatoms. The van der Waals surface area contributed by atoms with E-state index < -0.39 is 0 Å². The Hall–Kier alpha value is -1.59. The molecule has 6 nitrogen and oxygen atoms in total. The van der Waals surface area contributed by atoms with Crippen LogP contribution in [-0.4, -0.2) is 38.1 Å². The lowest BCUT2D eigenvalue weighted by Crippen LogP contribution is -2.53. The Morgan fingerprint density at radius 3 is 2.71 bits per heavy atom. The topological polar surface area (TPSA) is 76.5 Å². The molecule has 1 aliphatic heterocycles. The van der Waals surface area contributed by atoms with Gasteiger partial charge in [0.2, 0.25) is 0 Å². The average Bonchev–Trinajstić information content (AvgIpc) is 2.54. The molecule has 0 radical (unpaired) electrons. The molecule has 0 spiro atoms. The second-order valence-corrected chi connectivity index (χ2v) is 5.01. The molecule has 0 aromatic heterocycles. The van der Waals surface area contributed by atoms with Crippen molar-refractivity contribution in [3.63, 3.8) is 0 Å². The minimum Gasteiger partial charge on any atom is -0.376 e. The standard InChI is InChI=1S/C15H21N3O3/c1-3-13-15(19-2)14(12(10-20-13)17-18-16)21-9-11-7-5-4-6-8-11/h4-8,12-15H,3,9-10H2,1-2H3/t12?,13?,14-,15+/m1/s1. The van der Waals surface area contributed by atoms with E-state index in [1.54, 1.807) is 7.11 Å². The van der Waals surface area contributed by atoms with Crippen LogP contribution in [0.2, 0.25) is 0 Å². The minimum absolute atomic E-state index is 0.0408. The van der Waals surface area contributed by atoms with Crippen LogP contribution in [-0.2, 0) is 20.8 Å². The van der Waals surface area contributed by atoms with E-state index in [-0.39, 0.29) is 24.4 Å². The summed E-state index contributed by atoms with van der Waals surface area (Å²) in [6, 6.07) is 9.53. The lowest BCUT2D eigenvalue weighted by Gasteiger charge is -2.40. The van der Waals surface area contributed by atoms with E-state index in [4.69, 9.17) is 19.7 Å². The quantitative estimate of drug-likeness (QED) is 0.459. The third kappa shape index (κ3) is 3.95. The van der Waals surface area contributed by atoms with Gasteiger partial charge in [0, 0.05) is 12.0 Å². The fourth-order valence-corrected chi connectivity index (χ4v) is 2.62. The van der Waals surface area contributed by atoms with Crippen molar-refractivity contribution in [1.29, 1.82) is 0 Å². The fourth-order valence-electron chi connectivity index (χ4n) is 2.62. The highest BCUT2D eigenvalue weighted by Gasteiger charge is 2.40. The summed E-state index contributed by atoms with van der Waals surface area (Å²) in [5, 5.41) is 3.79. The number of hydrogen-bond donors (Lipinski definition) is 0. The van der Waals surface area contributed by atoms with Crippen molar-refractivity contribution in [3.05, 3.63) is 46.3 Å². The summed E-state index contributed by atoms with van der Waals surface area (Å²) in [5.41, 5.74) is 9.79. The SMILES string of the molecule is CCC1OCC(N=[N+]=[N-])[C@@H](OCc2ccccc2)[C@H]1OC. The minimum atomic E-state index is -0.369. The maximum Gasteiger partial charge on any atom is 0.110 e. The first kappa shape index (κ1) is 15.8. The highest BCUT2D eigenvalue weighted by Crippen LogP contribution is 2.25. The Balaban J connectivity index is 2.10. The van der Waals surface area contributed by atoms with Gasteiger partial charge in [-0.15, -0.1) is 0 Å². The van der Waals surface area contributed by atoms with Crippen molar-refractivity contribution in [2.45, 2.75) is 44.3 Å². The summed E-state index contributed by atoms with van der Waals surface area (Å²) in [7, 11) is 1.63. The van der Waals surface area contributed by atoms with Gasteiger partial charge < -0.3 is 14.2 Å². The zero-order valence-electron chi connectivity index (χ0n) is 12.4. The van der Waals surface area contributed by atoms with Crippen molar-refractivity contribution in [2.24, 2.45) is 5.11 Å². The van der Waals surface area contributed by atoms with Gasteiger partial charge >= 0.3 is 0 Å². The Morgan fingerprint density at radius 1 is 1.33 bits per heavy atom. The summed E-state index contributed by atoms with van der Waals surface area (Å²) >= 11 is 0. The number of azide groups is 1. The van der Waals surface area contributed by atoms with Crippen molar-refractivity contribution < 1.29 is 14.2 Å². The monoisotopic (exact) mass is 291 g/mol. The van der Waals surface area contributed by atoms with E-state index in [0.29, 0.717) is 13.2 Å². The molecular formula is C15H21N3O3. The number of methoxy groups -OCH3 is 1. The molecule has 1 heterocycles. The van der Waals surface area contributed by atoms with Crippen molar-refractivity contribution >= 4 is 0 Å². The number of rotatable bonds is 6. The average molecular weight is 291 g/mol. The predicted molar refractivity (Wildman–Crippen MR) is 78.8 cm³/mol. The van der Waals surface area contributed by atoms with Crippen LogP contribution in [0.3, 0.4) is 0 Å². The van der Waals surface area contributed by atoms with E-state index in [2.05, 4.69) is 10.0 Å². The van der Waals surface area contributed by atoms with Gasteiger partial charge in [-0.05, 0) is 17.5 Å². The first-order valence-electron chi connectivity index (χ1n) is 7.14. The van der Waals surface area contributed by atoms with Crippen molar-refractivity contribution in [3.8, 4) is 0 Å². The molecular weight excluding hydrogens is 270 g/mol. The van der Waals surface area contributed by atoms with Crippen LogP contribution in [0.1, 0.15) is 18.9 Å². The highest BCUT2D eigenvalue weighted by atomic mass is 16.6. The number of benzene rings is 1. The van der Waals surface area contributed by atoms with Crippen LogP contribution in [0.4, 0.5) is 0 Å². The maximum atomic E-state index is 8.71. The molecule has 0 aliphatic carbocycles. The molecule has 114 valence electrons. The third-order valence-corrected chi connectivity index (χ3v) is 3.71. The molecule has 0 amide bonds. The lowest BCUT2D eigenvalue weighted by molar-refractivity contribution is -0.178. The number of ether oxygens (including phenoxy) is 3. The maximum absolute atomic E-state index is 8.71. The summed E-state index contributed by atoms with van der Waals surface area (Å²) in [6.45, 7) is 2.86. The normalized spacial score (nSPS) is 28.9. The number of hydrogen-bond acceptors (Lipinski definition) is 4. The first-order valence-corrected chi connectivity index (χ1v) is 7.14. The smallest absolute Gasteiger partial charge is 0.110 e. The molecule has 1 aromatic carbocycles. The van der Waals surface area contributed by atoms with Gasteiger partial charge in [-0.25, -0.2) is 0 Å². The van der Waals surface area contributed by atoms with Gasteiger partial charge in [0.15, 0.2) is 0 Å². The van der Waals surface area contributed by atoms with Gasteiger partial charge in [0.05, 0.1) is 31.5 Å². The van der Waals surface area contributed by atoms with Crippen LogP contribution >= 0.6 is 0 Å². The summed E-state index contributed by atoms with van der Waals surface area (Å²) in [4.78, 5) is 2.89. The molecule has 1 fully saturated rings. The van der Waals surface area contributed by atoms with Crippen LogP contribution in [0.5, 0.6) is 0 Å². The lowest BCUT2D eigenvalue weighted by atomic mass is 9.96. The van der Waals surface area contributed by atoms with Gasteiger partial charge in [-0.3, -0.25) is 0 Å². The summed E-state index contributed by atoms with van der Waals surface area (Å²) in [6.07, 6.45) is 0.251. The molecule has 4 atom stereocenters. The molecule has 0 saturated carbocycles. The van der Waals surface area contributed by atoms with Crippen LogP contribution in [0, 0.1) is 0 Å². The molecule has 21 heavy (non-hydrogen) atoms. The van der Waals surface area contributed by atoms with E-state index in [1.165, 1.54) is 0 Å². The van der Waals surface area contributed by atoms with Crippen LogP contribution in [0.15, 0.2) is 35.4 Å². The van der Waals surface area contributed by atoms with Crippen LogP contribution in [0.25, 0.3) is 10.4 Å². The van der Waals surface area contributed by atoms with Gasteiger partial charge in [0.25, 0.3) is 0 Å². The van der Waals surface area contributed by atoms with E-state index >= 15 is 0 Å². The Morgan fingerprint density at radius 2 is 2.10 bits per heavy atom. The fraction of sp³-hybridized carbons (Fsp3) is 0.600. The second kappa shape index (κ2) is 8.00. The van der Waals surface area contributed by atoms with Crippen LogP contribution < -0.4 is 0 Å². The molecule has 1 saturated heterocycles. The molecule has 0 bridgehead atoms. The predicted octanol–water partition coefficient (Wildman–Crippen LogP) is 3.07. The largest absolute Gasteiger partial charge is 0.376 e. The molecule has 2 rings (SSSR count). The Kier molecular flexibility index (Phi) is 6.02. The zero-order chi connectivity index (χ0) is 15.1. The molecule has 2 unspecified atom stereocenters. The number of nitrogens with zero attached hydrogens (tertiary/aromatic N) is 3. The summed E-state index contributed by atoms with van der Waals surface area (Å²) < 4.78 is 17.2. The second-order valence-electron chi connectivity index (χ2n) is 5.01. The van der Waals surface area contributed by atoms with Gasteiger partial charge in [-0.1, -0.05) is 42.4 Å². The molecule has 0 N–H and O–H groups in total. The van der Waals surface area contributed by atoms with E-state index in [0.717, 1.165) is 12.0 Å². The Bertz CT molecular complexity index is 476. The highest BCUT2D eigenvalue weighted by molar-refractivity contribution is 5.13. The molecule has 1 aromatic rings. The van der Waals surface area contributed by atoms with E-state index in [9.17, 15) is 0 Å². The first-order chi connectivity index (χ1) is 10.3. The van der Waals surface area contributed by atoms with Crippen molar-refractivity contribution in [1.82, 2.24) is 0 Å². The molecule has 1 aliphatic rings. The van der Waals surface area contributed by atoms with Crippen molar-refractivity contribution in [2.75, 3.05) is 13.7 Å². The third-order valence-electron chi connectivity index (χ3n) is 3.71. The van der Waals surface area contributed by atoms with Gasteiger partial charge in [-0.2, -0.15) is 0 Å². The zero-order valence-corrected chi connectivity index (χ0v) is 12.4. The van der Waals surface area contributed by atoms with Gasteiger partial charge in [0.1, 0.15) is 6.10 Å². The Labute approximate surface area is 124 Å². The summed E-state index contributed by atoms with van der Waals surface area (Å²) in [5.74, 6) is 0.